The van der Waals surface area contributed by atoms with Crippen LogP contribution in [0.15, 0.2) is 42.7 Å². The molecule has 0 aromatic carbocycles. The van der Waals surface area contributed by atoms with Gasteiger partial charge in [0.25, 0.3) is 0 Å². The van der Waals surface area contributed by atoms with Gasteiger partial charge in [-0.15, -0.1) is 0 Å². The van der Waals surface area contributed by atoms with Crippen LogP contribution in [0.25, 0.3) is 5.70 Å². The average molecular weight is 186 g/mol. The highest BCUT2D eigenvalue weighted by atomic mass is 14.9. The highest BCUT2D eigenvalue weighted by Gasteiger charge is 2.16. The summed E-state index contributed by atoms with van der Waals surface area (Å²) in [5.41, 5.74) is 2.18. The number of hydrogen-bond acceptors (Lipinski definition) is 2. The molecule has 0 unspecified atom stereocenters. The van der Waals surface area contributed by atoms with E-state index < -0.39 is 0 Å². The Kier molecular flexibility index (Phi) is 2.12. The number of dihydropyridines is 1. The first-order valence-corrected chi connectivity index (χ1v) is 4.76. The van der Waals surface area contributed by atoms with E-state index in [-0.39, 0.29) is 5.41 Å². The molecule has 0 aliphatic carbocycles. The van der Waals surface area contributed by atoms with Gasteiger partial charge in [0.2, 0.25) is 0 Å². The zero-order valence-corrected chi connectivity index (χ0v) is 8.49. The molecule has 1 aliphatic rings. The third-order valence-corrected chi connectivity index (χ3v) is 2.21. The van der Waals surface area contributed by atoms with Crippen molar-refractivity contribution in [2.75, 3.05) is 0 Å². The minimum absolute atomic E-state index is 0.109. The van der Waals surface area contributed by atoms with Gasteiger partial charge in [0.15, 0.2) is 0 Å². The van der Waals surface area contributed by atoms with Crippen molar-refractivity contribution in [1.29, 1.82) is 0 Å². The van der Waals surface area contributed by atoms with Crippen LogP contribution < -0.4 is 5.32 Å². The standard InChI is InChI=1S/C12H14N2/c1-12(2)6-8-14-11(9-12)10-5-3-4-7-13-10/h3-9,14H,1-2H3. The van der Waals surface area contributed by atoms with Crippen molar-refractivity contribution < 1.29 is 0 Å². The molecule has 2 heterocycles. The van der Waals surface area contributed by atoms with Crippen LogP contribution in [0.2, 0.25) is 0 Å². The molecule has 0 bridgehead atoms. The number of rotatable bonds is 1. The number of pyridine rings is 1. The van der Waals surface area contributed by atoms with Gasteiger partial charge in [-0.25, -0.2) is 0 Å². The van der Waals surface area contributed by atoms with Crippen LogP contribution in [0.4, 0.5) is 0 Å². The lowest BCUT2D eigenvalue weighted by molar-refractivity contribution is 0.613. The minimum atomic E-state index is 0.109. The lowest BCUT2D eigenvalue weighted by Crippen LogP contribution is -2.17. The minimum Gasteiger partial charge on any atom is -0.360 e. The fourth-order valence-electron chi connectivity index (χ4n) is 1.48. The molecule has 1 N–H and O–H groups in total. The van der Waals surface area contributed by atoms with E-state index in [1.54, 1.807) is 0 Å². The molecule has 2 nitrogen and oxygen atoms in total. The summed E-state index contributed by atoms with van der Waals surface area (Å²) in [6.07, 6.45) is 8.11. The van der Waals surface area contributed by atoms with Crippen molar-refractivity contribution in [3.05, 3.63) is 48.4 Å². The van der Waals surface area contributed by atoms with Gasteiger partial charge in [-0.2, -0.15) is 0 Å². The van der Waals surface area contributed by atoms with Gasteiger partial charge in [-0.05, 0) is 24.4 Å². The van der Waals surface area contributed by atoms with Crippen molar-refractivity contribution in [1.82, 2.24) is 10.3 Å². The SMILES string of the molecule is CC1(C)C=CNC(c2ccccn2)=C1. The number of nitrogens with zero attached hydrogens (tertiary/aromatic N) is 1. The second-order valence-electron chi connectivity index (χ2n) is 4.07. The van der Waals surface area contributed by atoms with Crippen LogP contribution in [0.3, 0.4) is 0 Å². The molecule has 2 heteroatoms. The van der Waals surface area contributed by atoms with Crippen LogP contribution >= 0.6 is 0 Å². The van der Waals surface area contributed by atoms with E-state index in [0.29, 0.717) is 0 Å². The Morgan fingerprint density at radius 3 is 2.79 bits per heavy atom. The first-order valence-electron chi connectivity index (χ1n) is 4.76. The smallest absolute Gasteiger partial charge is 0.0861 e. The predicted molar refractivity (Wildman–Crippen MR) is 58.3 cm³/mol. The van der Waals surface area contributed by atoms with Crippen LogP contribution in [-0.4, -0.2) is 4.98 Å². The fraction of sp³-hybridized carbons (Fsp3) is 0.250. The molecule has 0 saturated heterocycles. The molecule has 72 valence electrons. The predicted octanol–water partition coefficient (Wildman–Crippen LogP) is 2.57. The number of aromatic nitrogens is 1. The molecule has 14 heavy (non-hydrogen) atoms. The lowest BCUT2D eigenvalue weighted by Gasteiger charge is -2.22. The molecule has 0 spiro atoms. The summed E-state index contributed by atoms with van der Waals surface area (Å²) in [4.78, 5) is 4.30. The molecule has 1 aliphatic heterocycles. The van der Waals surface area contributed by atoms with Gasteiger partial charge in [-0.1, -0.05) is 26.0 Å². The summed E-state index contributed by atoms with van der Waals surface area (Å²) in [5.74, 6) is 0. The van der Waals surface area contributed by atoms with Gasteiger partial charge in [-0.3, -0.25) is 4.98 Å². The molecule has 0 amide bonds. The molecule has 0 fully saturated rings. The van der Waals surface area contributed by atoms with Gasteiger partial charge in [0, 0.05) is 11.6 Å². The van der Waals surface area contributed by atoms with E-state index in [0.717, 1.165) is 11.4 Å². The monoisotopic (exact) mass is 186 g/mol. The number of allylic oxidation sites excluding steroid dienone is 2. The summed E-state index contributed by atoms with van der Waals surface area (Å²) >= 11 is 0. The summed E-state index contributed by atoms with van der Waals surface area (Å²) in [6.45, 7) is 4.35. The maximum absolute atomic E-state index is 4.30. The van der Waals surface area contributed by atoms with E-state index in [1.165, 1.54) is 0 Å². The van der Waals surface area contributed by atoms with Crippen LogP contribution in [0, 0.1) is 5.41 Å². The Morgan fingerprint density at radius 1 is 1.29 bits per heavy atom. The van der Waals surface area contributed by atoms with Gasteiger partial charge < -0.3 is 5.32 Å². The van der Waals surface area contributed by atoms with E-state index >= 15 is 0 Å². The van der Waals surface area contributed by atoms with Gasteiger partial charge in [0.05, 0.1) is 11.4 Å². The Balaban J connectivity index is 2.33. The van der Waals surface area contributed by atoms with Crippen LogP contribution in [-0.2, 0) is 0 Å². The van der Waals surface area contributed by atoms with Crippen molar-refractivity contribution in [3.8, 4) is 0 Å². The Labute approximate surface area is 84.4 Å². The van der Waals surface area contributed by atoms with E-state index in [4.69, 9.17) is 0 Å². The highest BCUT2D eigenvalue weighted by Crippen LogP contribution is 2.26. The number of hydrogen-bond donors (Lipinski definition) is 1. The third-order valence-electron chi connectivity index (χ3n) is 2.21. The van der Waals surface area contributed by atoms with Crippen molar-refractivity contribution in [2.24, 2.45) is 5.41 Å². The maximum Gasteiger partial charge on any atom is 0.0861 e. The second kappa shape index (κ2) is 3.29. The second-order valence-corrected chi connectivity index (χ2v) is 4.07. The third kappa shape index (κ3) is 1.84. The fourth-order valence-corrected chi connectivity index (χ4v) is 1.48. The van der Waals surface area contributed by atoms with Crippen LogP contribution in [0.1, 0.15) is 19.5 Å². The summed E-state index contributed by atoms with van der Waals surface area (Å²) in [7, 11) is 0. The van der Waals surface area contributed by atoms with E-state index in [9.17, 15) is 0 Å². The first kappa shape index (κ1) is 9.00. The molecule has 1 aromatic heterocycles. The van der Waals surface area contributed by atoms with Crippen LogP contribution in [0.5, 0.6) is 0 Å². The number of nitrogens with one attached hydrogen (secondary N) is 1. The zero-order valence-electron chi connectivity index (χ0n) is 8.49. The highest BCUT2D eigenvalue weighted by molar-refractivity contribution is 5.63. The quantitative estimate of drug-likeness (QED) is 0.729. The topological polar surface area (TPSA) is 24.9 Å². The van der Waals surface area contributed by atoms with E-state index in [2.05, 4.69) is 36.3 Å². The molecule has 0 saturated carbocycles. The Morgan fingerprint density at radius 2 is 2.14 bits per heavy atom. The van der Waals surface area contributed by atoms with Crippen molar-refractivity contribution in [2.45, 2.75) is 13.8 Å². The largest absolute Gasteiger partial charge is 0.360 e. The average Bonchev–Trinajstić information content (AvgIpc) is 2.18. The lowest BCUT2D eigenvalue weighted by atomic mass is 9.90. The summed E-state index contributed by atoms with van der Waals surface area (Å²) in [6, 6.07) is 5.93. The zero-order chi connectivity index (χ0) is 10.0. The first-order chi connectivity index (χ1) is 6.67. The van der Waals surface area contributed by atoms with Gasteiger partial charge >= 0.3 is 0 Å². The van der Waals surface area contributed by atoms with Gasteiger partial charge in [0.1, 0.15) is 0 Å². The molecule has 2 rings (SSSR count). The van der Waals surface area contributed by atoms with Crippen molar-refractivity contribution >= 4 is 5.70 Å². The normalized spacial score (nSPS) is 18.6. The molecule has 0 radical (unpaired) electrons. The molecular weight excluding hydrogens is 172 g/mol. The molecule has 0 atom stereocenters. The molecular formula is C12H14N2. The van der Waals surface area contributed by atoms with E-state index in [1.807, 2.05) is 30.6 Å². The summed E-state index contributed by atoms with van der Waals surface area (Å²) in [5, 5.41) is 3.21. The molecule has 1 aromatic rings. The Hall–Kier alpha value is -1.57. The van der Waals surface area contributed by atoms with Crippen molar-refractivity contribution in [3.63, 3.8) is 0 Å². The maximum atomic E-state index is 4.30. The Bertz CT molecular complexity index is 375. The summed E-state index contributed by atoms with van der Waals surface area (Å²) < 4.78 is 0.